The average Bonchev–Trinajstić information content (AvgIpc) is 2.93. The maximum absolute atomic E-state index is 4.51. The van der Waals surface area contributed by atoms with Gasteiger partial charge in [0.25, 0.3) is 0 Å². The van der Waals surface area contributed by atoms with E-state index in [2.05, 4.69) is 49.4 Å². The summed E-state index contributed by atoms with van der Waals surface area (Å²) in [6.07, 6.45) is 6.44. The minimum absolute atomic E-state index is 0.487. The van der Waals surface area contributed by atoms with E-state index in [0.29, 0.717) is 11.3 Å². The second-order valence-electron chi connectivity index (χ2n) is 8.48. The monoisotopic (exact) mass is 299 g/mol. The molecule has 1 saturated carbocycles. The lowest BCUT2D eigenvalue weighted by Gasteiger charge is -2.21. The Labute approximate surface area is 137 Å². The van der Waals surface area contributed by atoms with E-state index in [1.165, 1.54) is 44.4 Å². The molecular formula is C17H31B2N3. The van der Waals surface area contributed by atoms with E-state index in [4.69, 9.17) is 0 Å². The molecule has 3 nitrogen and oxygen atoms in total. The quantitative estimate of drug-likeness (QED) is 0.782. The van der Waals surface area contributed by atoms with Crippen LogP contribution in [0.2, 0.25) is 19.0 Å². The molecule has 1 aromatic rings. The van der Waals surface area contributed by atoms with Crippen molar-refractivity contribution in [3.8, 4) is 0 Å². The first-order valence-corrected chi connectivity index (χ1v) is 9.39. The Morgan fingerprint density at radius 1 is 1.23 bits per heavy atom. The highest BCUT2D eigenvalue weighted by atomic mass is 15.4. The third-order valence-electron chi connectivity index (χ3n) is 6.56. The molecule has 2 aliphatic rings. The lowest BCUT2D eigenvalue weighted by molar-refractivity contribution is 0.502. The Bertz CT molecular complexity index is 526. The molecule has 2 aliphatic carbocycles. The smallest absolute Gasteiger partial charge is 0.148 e. The highest BCUT2D eigenvalue weighted by Gasteiger charge is 2.50. The van der Waals surface area contributed by atoms with Gasteiger partial charge in [0, 0.05) is 5.94 Å². The van der Waals surface area contributed by atoms with Gasteiger partial charge in [0.2, 0.25) is 0 Å². The van der Waals surface area contributed by atoms with Gasteiger partial charge in [-0.15, -0.1) is 5.10 Å². The summed E-state index contributed by atoms with van der Waals surface area (Å²) in [5.74, 6) is 3.40. The summed E-state index contributed by atoms with van der Waals surface area (Å²) >= 11 is 0. The van der Waals surface area contributed by atoms with Crippen LogP contribution in [-0.4, -0.2) is 29.6 Å². The van der Waals surface area contributed by atoms with E-state index in [1.807, 2.05) is 0 Å². The fourth-order valence-corrected chi connectivity index (χ4v) is 4.40. The lowest BCUT2D eigenvalue weighted by atomic mass is 9.54. The van der Waals surface area contributed by atoms with E-state index in [0.717, 1.165) is 31.5 Å². The van der Waals surface area contributed by atoms with Gasteiger partial charge in [0.1, 0.15) is 14.6 Å². The Morgan fingerprint density at radius 3 is 2.55 bits per heavy atom. The number of rotatable bonds is 5. The van der Waals surface area contributed by atoms with Gasteiger partial charge in [-0.05, 0) is 43.4 Å². The molecular weight excluding hydrogens is 268 g/mol. The fourth-order valence-electron chi connectivity index (χ4n) is 4.40. The van der Waals surface area contributed by atoms with Crippen LogP contribution in [0, 0.1) is 17.8 Å². The predicted octanol–water partition coefficient (Wildman–Crippen LogP) is 3.10. The second kappa shape index (κ2) is 6.05. The number of aromatic nitrogens is 3. The summed E-state index contributed by atoms with van der Waals surface area (Å²) in [5, 5.41) is 9.48. The molecule has 120 valence electrons. The largest absolute Gasteiger partial charge is 0.254 e. The number of fused-ring (bicyclic) bond motifs is 2. The number of aryl methyl sites for hydroxylation is 1. The zero-order valence-corrected chi connectivity index (χ0v) is 15.1. The first-order valence-electron chi connectivity index (χ1n) is 9.39. The third kappa shape index (κ3) is 3.00. The number of nitrogens with zero attached hydrogens (tertiary/aromatic N) is 3. The molecule has 1 heterocycles. The van der Waals surface area contributed by atoms with E-state index in [-0.39, 0.29) is 0 Å². The molecule has 4 atom stereocenters. The van der Waals surface area contributed by atoms with Gasteiger partial charge < -0.3 is 0 Å². The molecule has 0 N–H and O–H groups in total. The molecule has 0 radical (unpaired) electrons. The Balaban J connectivity index is 1.69. The SMILES string of the molecule is CB[C@@H](C)n1nnc2c1CC[C@@H]1[C@H](CC2)[C@@H]1CC(C)(C)BC. The standard InChI is InChI=1S/C17H31B2N3/c1-11(18-4)22-16-9-7-13-12(6-8-15(16)20-21-22)14(13)10-17(2,3)19-5/h11-14,18-19H,6-10H2,1-5H3/t11-,12+,13-,14+/m1/s1. The van der Waals surface area contributed by atoms with E-state index < -0.39 is 0 Å². The van der Waals surface area contributed by atoms with E-state index in [9.17, 15) is 0 Å². The van der Waals surface area contributed by atoms with Crippen LogP contribution in [0.25, 0.3) is 0 Å². The van der Waals surface area contributed by atoms with Crippen molar-refractivity contribution in [2.24, 2.45) is 17.8 Å². The average molecular weight is 299 g/mol. The van der Waals surface area contributed by atoms with Gasteiger partial charge in [-0.25, -0.2) is 0 Å². The van der Waals surface area contributed by atoms with Crippen LogP contribution in [0.5, 0.6) is 0 Å². The van der Waals surface area contributed by atoms with Crippen molar-refractivity contribution in [1.29, 1.82) is 0 Å². The van der Waals surface area contributed by atoms with Crippen molar-refractivity contribution in [2.45, 2.75) is 77.8 Å². The van der Waals surface area contributed by atoms with Crippen molar-refractivity contribution in [2.75, 3.05) is 0 Å². The van der Waals surface area contributed by atoms with Gasteiger partial charge in [-0.3, -0.25) is 4.68 Å². The highest BCUT2D eigenvalue weighted by Crippen LogP contribution is 2.58. The second-order valence-corrected chi connectivity index (χ2v) is 8.48. The molecule has 0 unspecified atom stereocenters. The summed E-state index contributed by atoms with van der Waals surface area (Å²) in [5.41, 5.74) is 2.73. The summed E-state index contributed by atoms with van der Waals surface area (Å²) in [6, 6.07) is 0. The van der Waals surface area contributed by atoms with Gasteiger partial charge in [-0.2, -0.15) is 0 Å². The zero-order chi connectivity index (χ0) is 15.9. The summed E-state index contributed by atoms with van der Waals surface area (Å²) < 4.78 is 2.21. The molecule has 5 heteroatoms. The van der Waals surface area contributed by atoms with Crippen molar-refractivity contribution < 1.29 is 0 Å². The predicted molar refractivity (Wildman–Crippen MR) is 96.5 cm³/mol. The molecule has 22 heavy (non-hydrogen) atoms. The van der Waals surface area contributed by atoms with Gasteiger partial charge in [0.15, 0.2) is 0 Å². The molecule has 0 aliphatic heterocycles. The molecule has 0 bridgehead atoms. The van der Waals surface area contributed by atoms with E-state index in [1.54, 1.807) is 0 Å². The van der Waals surface area contributed by atoms with Crippen molar-refractivity contribution in [3.63, 3.8) is 0 Å². The molecule has 1 aromatic heterocycles. The maximum atomic E-state index is 4.51. The first-order chi connectivity index (χ1) is 10.5. The van der Waals surface area contributed by atoms with Gasteiger partial charge >= 0.3 is 0 Å². The van der Waals surface area contributed by atoms with Crippen LogP contribution in [0.3, 0.4) is 0 Å². The minimum Gasteiger partial charge on any atom is -0.254 e. The number of hydrogen-bond acceptors (Lipinski definition) is 2. The van der Waals surface area contributed by atoms with Crippen LogP contribution >= 0.6 is 0 Å². The van der Waals surface area contributed by atoms with Crippen molar-refractivity contribution >= 4 is 14.6 Å². The van der Waals surface area contributed by atoms with Crippen molar-refractivity contribution in [3.05, 3.63) is 11.4 Å². The summed E-state index contributed by atoms with van der Waals surface area (Å²) in [7, 11) is 2.43. The Kier molecular flexibility index (Phi) is 4.44. The topological polar surface area (TPSA) is 30.7 Å². The summed E-state index contributed by atoms with van der Waals surface area (Å²) in [6.45, 7) is 11.7. The Hall–Kier alpha value is -0.730. The minimum atomic E-state index is 0.487. The molecule has 0 saturated heterocycles. The van der Waals surface area contributed by atoms with Crippen LogP contribution in [0.1, 0.15) is 57.4 Å². The first kappa shape index (κ1) is 16.1. The molecule has 0 spiro atoms. The molecule has 1 fully saturated rings. The number of hydrogen-bond donors (Lipinski definition) is 0. The van der Waals surface area contributed by atoms with Crippen LogP contribution in [0.15, 0.2) is 0 Å². The zero-order valence-electron chi connectivity index (χ0n) is 15.1. The molecule has 0 aromatic carbocycles. The van der Waals surface area contributed by atoms with Gasteiger partial charge in [0.05, 0.1) is 11.4 Å². The highest BCUT2D eigenvalue weighted by molar-refractivity contribution is 6.37. The molecule has 0 amide bonds. The normalized spacial score (nSPS) is 28.9. The molecule has 3 rings (SSSR count). The fraction of sp³-hybridized carbons (Fsp3) is 0.882. The van der Waals surface area contributed by atoms with Crippen molar-refractivity contribution in [1.82, 2.24) is 15.0 Å². The maximum Gasteiger partial charge on any atom is 0.148 e. The van der Waals surface area contributed by atoms with Crippen LogP contribution in [-0.2, 0) is 12.8 Å². The lowest BCUT2D eigenvalue weighted by Crippen LogP contribution is -2.16. The Morgan fingerprint density at radius 2 is 1.91 bits per heavy atom. The van der Waals surface area contributed by atoms with E-state index >= 15 is 0 Å². The third-order valence-corrected chi connectivity index (χ3v) is 6.56. The van der Waals surface area contributed by atoms with Crippen LogP contribution in [0.4, 0.5) is 0 Å². The van der Waals surface area contributed by atoms with Gasteiger partial charge in [-0.1, -0.05) is 51.4 Å². The summed E-state index contributed by atoms with van der Waals surface area (Å²) in [4.78, 5) is 0. The van der Waals surface area contributed by atoms with Crippen LogP contribution < -0.4 is 0 Å².